The maximum atomic E-state index is 11.2. The molecule has 1 fully saturated rings. The number of rotatable bonds is 6. The van der Waals surface area contributed by atoms with Crippen molar-refractivity contribution in [3.05, 3.63) is 0 Å². The summed E-state index contributed by atoms with van der Waals surface area (Å²) >= 11 is 0. The molecule has 0 aromatic carbocycles. The van der Waals surface area contributed by atoms with Crippen LogP contribution in [0.3, 0.4) is 0 Å². The number of carbonyl (C=O) groups excluding carboxylic acids is 1. The smallest absolute Gasteiger partial charge is 0.325 e. The van der Waals surface area contributed by atoms with Crippen LogP contribution >= 0.6 is 0 Å². The van der Waals surface area contributed by atoms with E-state index in [-0.39, 0.29) is 12.5 Å². The van der Waals surface area contributed by atoms with Gasteiger partial charge in [0.25, 0.3) is 0 Å². The molecule has 1 aliphatic rings. The van der Waals surface area contributed by atoms with Crippen molar-refractivity contribution in [3.8, 4) is 0 Å². The van der Waals surface area contributed by atoms with Crippen molar-refractivity contribution in [2.24, 2.45) is 0 Å². The molecule has 1 aliphatic heterocycles. The molecule has 0 atom stereocenters. The number of esters is 1. The number of hydrogen-bond acceptors (Lipinski definition) is 9. The number of carbonyl (C=O) groups is 1. The van der Waals surface area contributed by atoms with Gasteiger partial charge in [-0.2, -0.15) is 15.0 Å². The first kappa shape index (κ1) is 15.2. The highest BCUT2D eigenvalue weighted by molar-refractivity contribution is 5.74. The molecule has 21 heavy (non-hydrogen) atoms. The Balaban J connectivity index is 2.14. The third kappa shape index (κ3) is 4.42. The Hall–Kier alpha value is -2.16. The highest BCUT2D eigenvalue weighted by Gasteiger charge is 2.16. The molecular weight excluding hydrogens is 276 g/mol. The van der Waals surface area contributed by atoms with Crippen LogP contribution in [0.15, 0.2) is 0 Å². The van der Waals surface area contributed by atoms with Gasteiger partial charge >= 0.3 is 5.97 Å². The van der Waals surface area contributed by atoms with Gasteiger partial charge in [0.05, 0.1) is 20.3 Å². The molecule has 0 amide bonds. The van der Waals surface area contributed by atoms with Crippen LogP contribution in [0.25, 0.3) is 0 Å². The maximum absolute atomic E-state index is 11.2. The minimum absolute atomic E-state index is 0.00856. The molecule has 0 unspecified atom stereocenters. The van der Waals surface area contributed by atoms with Crippen molar-refractivity contribution in [2.45, 2.75) is 6.92 Å². The van der Waals surface area contributed by atoms with Gasteiger partial charge in [0.1, 0.15) is 6.54 Å². The zero-order valence-electron chi connectivity index (χ0n) is 12.3. The quantitative estimate of drug-likeness (QED) is 0.686. The highest BCUT2D eigenvalue weighted by Crippen LogP contribution is 2.14. The fourth-order valence-corrected chi connectivity index (χ4v) is 1.81. The summed E-state index contributed by atoms with van der Waals surface area (Å²) < 4.78 is 9.90. The lowest BCUT2D eigenvalue weighted by Crippen LogP contribution is -2.37. The summed E-state index contributed by atoms with van der Waals surface area (Å²) in [5.41, 5.74) is 0. The Morgan fingerprint density at radius 1 is 1.24 bits per heavy atom. The normalized spacial score (nSPS) is 14.7. The van der Waals surface area contributed by atoms with Gasteiger partial charge in [0, 0.05) is 19.6 Å². The monoisotopic (exact) mass is 296 g/mol. The zero-order chi connectivity index (χ0) is 15.1. The van der Waals surface area contributed by atoms with Crippen LogP contribution < -0.4 is 15.5 Å². The van der Waals surface area contributed by atoms with Gasteiger partial charge in [-0.05, 0) is 6.92 Å². The minimum Gasteiger partial charge on any atom is -0.468 e. The highest BCUT2D eigenvalue weighted by atomic mass is 16.5. The lowest BCUT2D eigenvalue weighted by Gasteiger charge is -2.27. The SMILES string of the molecule is CCNc1nc(NCC(=O)OC)nc(N2CCOCC2)n1. The lowest BCUT2D eigenvalue weighted by atomic mass is 10.4. The summed E-state index contributed by atoms with van der Waals surface area (Å²) in [5.74, 6) is 0.999. The fourth-order valence-electron chi connectivity index (χ4n) is 1.81. The second-order valence-electron chi connectivity index (χ2n) is 4.34. The zero-order valence-corrected chi connectivity index (χ0v) is 12.3. The molecule has 1 saturated heterocycles. The molecular formula is C12H20N6O3. The second kappa shape index (κ2) is 7.58. The lowest BCUT2D eigenvalue weighted by molar-refractivity contribution is -0.138. The Morgan fingerprint density at radius 3 is 2.52 bits per heavy atom. The predicted molar refractivity (Wildman–Crippen MR) is 77.5 cm³/mol. The van der Waals surface area contributed by atoms with Crippen molar-refractivity contribution >= 4 is 23.8 Å². The fraction of sp³-hybridized carbons (Fsp3) is 0.667. The average Bonchev–Trinajstić information content (AvgIpc) is 2.53. The average molecular weight is 296 g/mol. The summed E-state index contributed by atoms with van der Waals surface area (Å²) in [6.07, 6.45) is 0. The first-order chi connectivity index (χ1) is 10.2. The van der Waals surface area contributed by atoms with E-state index in [1.54, 1.807) is 0 Å². The summed E-state index contributed by atoms with van der Waals surface area (Å²) in [4.78, 5) is 26.1. The number of aromatic nitrogens is 3. The van der Waals surface area contributed by atoms with E-state index in [0.717, 1.165) is 13.1 Å². The van der Waals surface area contributed by atoms with Crippen LogP contribution in [0.1, 0.15) is 6.92 Å². The number of hydrogen-bond donors (Lipinski definition) is 2. The summed E-state index contributed by atoms with van der Waals surface area (Å²) in [7, 11) is 1.33. The summed E-state index contributed by atoms with van der Waals surface area (Å²) in [6.45, 7) is 5.41. The van der Waals surface area contributed by atoms with Crippen molar-refractivity contribution in [2.75, 3.05) is 62.0 Å². The molecule has 1 aromatic heterocycles. The van der Waals surface area contributed by atoms with E-state index >= 15 is 0 Å². The third-order valence-corrected chi connectivity index (χ3v) is 2.87. The van der Waals surface area contributed by atoms with Crippen LogP contribution in [0, 0.1) is 0 Å². The molecule has 2 heterocycles. The minimum atomic E-state index is -0.381. The van der Waals surface area contributed by atoms with Gasteiger partial charge in [-0.3, -0.25) is 4.79 Å². The van der Waals surface area contributed by atoms with Gasteiger partial charge in [-0.15, -0.1) is 0 Å². The van der Waals surface area contributed by atoms with Crippen LogP contribution in [0.5, 0.6) is 0 Å². The third-order valence-electron chi connectivity index (χ3n) is 2.87. The Bertz CT molecular complexity index is 478. The van der Waals surface area contributed by atoms with Gasteiger partial charge < -0.3 is 25.0 Å². The molecule has 0 bridgehead atoms. The van der Waals surface area contributed by atoms with Crippen molar-refractivity contribution in [1.29, 1.82) is 0 Å². The largest absolute Gasteiger partial charge is 0.468 e. The van der Waals surface area contributed by atoms with Gasteiger partial charge in [-0.1, -0.05) is 0 Å². The summed E-state index contributed by atoms with van der Waals surface area (Å²) in [6, 6.07) is 0. The number of nitrogens with zero attached hydrogens (tertiary/aromatic N) is 4. The van der Waals surface area contributed by atoms with Gasteiger partial charge in [-0.25, -0.2) is 0 Å². The van der Waals surface area contributed by atoms with Crippen molar-refractivity contribution in [1.82, 2.24) is 15.0 Å². The van der Waals surface area contributed by atoms with Crippen LogP contribution in [-0.4, -0.2) is 67.4 Å². The Kier molecular flexibility index (Phi) is 5.50. The molecule has 1 aromatic rings. The molecule has 0 saturated carbocycles. The first-order valence-corrected chi connectivity index (χ1v) is 6.86. The molecule has 116 valence electrons. The van der Waals surface area contributed by atoms with Crippen LogP contribution in [0.4, 0.5) is 17.8 Å². The van der Waals surface area contributed by atoms with Gasteiger partial charge in [0.2, 0.25) is 17.8 Å². The van der Waals surface area contributed by atoms with E-state index in [9.17, 15) is 4.79 Å². The predicted octanol–water partition coefficient (Wildman–Crippen LogP) is -0.275. The van der Waals surface area contributed by atoms with Crippen molar-refractivity contribution < 1.29 is 14.3 Å². The van der Waals surface area contributed by atoms with Crippen molar-refractivity contribution in [3.63, 3.8) is 0 Å². The van der Waals surface area contributed by atoms with Crippen LogP contribution in [-0.2, 0) is 14.3 Å². The maximum Gasteiger partial charge on any atom is 0.325 e. The molecule has 2 rings (SSSR count). The molecule has 9 heteroatoms. The summed E-state index contributed by atoms with van der Waals surface area (Å²) in [5, 5.41) is 5.89. The standard InChI is InChI=1S/C12H20N6O3/c1-3-13-10-15-11(14-8-9(19)20-2)17-12(16-10)18-4-6-21-7-5-18/h3-8H2,1-2H3,(H2,13,14,15,16,17). The molecule has 0 radical (unpaired) electrons. The Labute approximate surface area is 123 Å². The molecule has 2 N–H and O–H groups in total. The van der Waals surface area contributed by atoms with E-state index < -0.39 is 0 Å². The number of methoxy groups -OCH3 is 1. The number of ether oxygens (including phenoxy) is 2. The van der Waals surface area contributed by atoms with E-state index in [4.69, 9.17) is 4.74 Å². The molecule has 0 spiro atoms. The van der Waals surface area contributed by atoms with E-state index in [1.807, 2.05) is 11.8 Å². The Morgan fingerprint density at radius 2 is 1.90 bits per heavy atom. The number of nitrogens with one attached hydrogen (secondary N) is 2. The van der Waals surface area contributed by atoms with Gasteiger partial charge in [0.15, 0.2) is 0 Å². The topological polar surface area (TPSA) is 102 Å². The van der Waals surface area contributed by atoms with Crippen LogP contribution in [0.2, 0.25) is 0 Å². The van der Waals surface area contributed by atoms with E-state index in [2.05, 4.69) is 30.3 Å². The first-order valence-electron chi connectivity index (χ1n) is 6.86. The molecule has 9 nitrogen and oxygen atoms in total. The molecule has 0 aliphatic carbocycles. The second-order valence-corrected chi connectivity index (χ2v) is 4.34. The van der Waals surface area contributed by atoms with E-state index in [1.165, 1.54) is 7.11 Å². The number of anilines is 3. The number of morpholine rings is 1. The van der Waals surface area contributed by atoms with E-state index in [0.29, 0.717) is 37.6 Å².